The van der Waals surface area contributed by atoms with E-state index in [2.05, 4.69) is 46.5 Å². The van der Waals surface area contributed by atoms with Gasteiger partial charge < -0.3 is 19.4 Å². The second-order valence-corrected chi connectivity index (χ2v) is 9.19. The number of fused-ring (bicyclic) bond motifs is 1. The van der Waals surface area contributed by atoms with Gasteiger partial charge in [-0.1, -0.05) is 18.2 Å². The van der Waals surface area contributed by atoms with Gasteiger partial charge in [0.25, 0.3) is 5.91 Å². The van der Waals surface area contributed by atoms with E-state index in [1.54, 1.807) is 22.4 Å². The van der Waals surface area contributed by atoms with Crippen LogP contribution in [-0.2, 0) is 11.3 Å². The second-order valence-electron chi connectivity index (χ2n) is 8.22. The highest BCUT2D eigenvalue weighted by Gasteiger charge is 2.27. The third-order valence-corrected chi connectivity index (χ3v) is 6.52. The predicted molar refractivity (Wildman–Crippen MR) is 128 cm³/mol. The molecule has 2 aromatic heterocycles. The van der Waals surface area contributed by atoms with Crippen LogP contribution in [0.2, 0.25) is 0 Å². The van der Waals surface area contributed by atoms with Crippen LogP contribution in [0.25, 0.3) is 0 Å². The largest absolute Gasteiger partial charge is 0.368 e. The number of carbonyl (C=O) groups excluding carboxylic acids is 1. The highest BCUT2D eigenvalue weighted by molar-refractivity contribution is 7.10. The number of rotatable bonds is 8. The van der Waals surface area contributed by atoms with Crippen molar-refractivity contribution in [1.82, 2.24) is 14.9 Å². The molecule has 0 bridgehead atoms. The first-order valence-corrected chi connectivity index (χ1v) is 11.6. The van der Waals surface area contributed by atoms with E-state index in [0.29, 0.717) is 31.1 Å². The molecule has 1 amide bonds. The van der Waals surface area contributed by atoms with Crippen LogP contribution in [0.1, 0.15) is 33.3 Å². The molecule has 0 aliphatic carbocycles. The van der Waals surface area contributed by atoms with Crippen molar-refractivity contribution in [3.63, 3.8) is 0 Å². The first-order valence-electron chi connectivity index (χ1n) is 10.7. The number of amides is 1. The molecule has 3 heterocycles. The summed E-state index contributed by atoms with van der Waals surface area (Å²) in [4.78, 5) is 28.8. The van der Waals surface area contributed by atoms with Gasteiger partial charge in [-0.2, -0.15) is 0 Å². The molecule has 0 fully saturated rings. The number of thiophene rings is 1. The normalized spacial score (nSPS) is 15.1. The molecule has 3 aromatic rings. The molecular weight excluding hydrogens is 422 g/mol. The molecule has 1 unspecified atom stereocenters. The van der Waals surface area contributed by atoms with Crippen molar-refractivity contribution in [3.8, 4) is 0 Å². The maximum Gasteiger partial charge on any atom is 0.263 e. The van der Waals surface area contributed by atoms with Gasteiger partial charge in [-0.15, -0.1) is 11.3 Å². The van der Waals surface area contributed by atoms with Gasteiger partial charge in [0.1, 0.15) is 17.7 Å². The lowest BCUT2D eigenvalue weighted by molar-refractivity contribution is 0.0319. The average molecular weight is 452 g/mol. The van der Waals surface area contributed by atoms with E-state index in [9.17, 15) is 4.79 Å². The average Bonchev–Trinajstić information content (AvgIpc) is 3.30. The van der Waals surface area contributed by atoms with E-state index in [1.807, 2.05) is 36.2 Å². The van der Waals surface area contributed by atoms with Crippen molar-refractivity contribution < 1.29 is 9.53 Å². The van der Waals surface area contributed by atoms with Crippen molar-refractivity contribution in [2.24, 2.45) is 0 Å². The smallest absolute Gasteiger partial charge is 0.263 e. The number of hydrogen-bond acceptors (Lipinski definition) is 7. The van der Waals surface area contributed by atoms with Crippen LogP contribution in [0.3, 0.4) is 0 Å². The molecule has 0 radical (unpaired) electrons. The van der Waals surface area contributed by atoms with Crippen molar-refractivity contribution in [2.45, 2.75) is 19.1 Å². The Kier molecular flexibility index (Phi) is 7.14. The van der Waals surface area contributed by atoms with Gasteiger partial charge in [0.05, 0.1) is 12.7 Å². The lowest BCUT2D eigenvalue weighted by atomic mass is 10.1. The Hall–Kier alpha value is -2.81. The lowest BCUT2D eigenvalue weighted by Crippen LogP contribution is -2.33. The summed E-state index contributed by atoms with van der Waals surface area (Å²) >= 11 is 1.73. The molecule has 7 nitrogen and oxygen atoms in total. The molecule has 1 aliphatic rings. The van der Waals surface area contributed by atoms with Crippen molar-refractivity contribution >= 4 is 28.7 Å². The highest BCUT2D eigenvalue weighted by Crippen LogP contribution is 2.29. The molecule has 4 rings (SSSR count). The van der Waals surface area contributed by atoms with Gasteiger partial charge in [-0.25, -0.2) is 9.97 Å². The van der Waals surface area contributed by atoms with Gasteiger partial charge in [0, 0.05) is 43.4 Å². The molecule has 0 spiro atoms. The first-order chi connectivity index (χ1) is 15.5. The highest BCUT2D eigenvalue weighted by atomic mass is 32.1. The molecule has 0 N–H and O–H groups in total. The summed E-state index contributed by atoms with van der Waals surface area (Å²) in [5, 5.41) is 2.09. The summed E-state index contributed by atoms with van der Waals surface area (Å²) < 4.78 is 6.34. The maximum atomic E-state index is 13.2. The quantitative estimate of drug-likeness (QED) is 0.519. The Morgan fingerprint density at radius 2 is 2.09 bits per heavy atom. The Balaban J connectivity index is 1.50. The number of ether oxygens (including phenoxy) is 1. The second kappa shape index (κ2) is 10.2. The number of nitrogens with zero attached hydrogens (tertiary/aromatic N) is 5. The SMILES string of the molecule is CN(C)CCC(OCc1cccc(N2CCN(C)c3ncncc3C2=O)c1)c1cccs1. The monoisotopic (exact) mass is 451 g/mol. The van der Waals surface area contributed by atoms with Crippen molar-refractivity contribution in [3.05, 3.63) is 70.3 Å². The van der Waals surface area contributed by atoms with E-state index in [1.165, 1.54) is 11.2 Å². The number of likely N-dealkylation sites (N-methyl/N-ethyl adjacent to an activating group) is 1. The summed E-state index contributed by atoms with van der Waals surface area (Å²) in [7, 11) is 6.10. The summed E-state index contributed by atoms with van der Waals surface area (Å²) in [5.74, 6) is 0.595. The number of aromatic nitrogens is 2. The summed E-state index contributed by atoms with van der Waals surface area (Å²) in [6.07, 6.45) is 4.07. The van der Waals surface area contributed by atoms with Crippen LogP contribution >= 0.6 is 11.3 Å². The standard InChI is InChI=1S/C24H29N5O2S/c1-27(2)10-9-21(22-8-5-13-32-22)31-16-18-6-4-7-19(14-18)29-12-11-28(3)23-20(24(29)30)15-25-17-26-23/h4-8,13-15,17,21H,9-12,16H2,1-3H3. The molecule has 168 valence electrons. The minimum atomic E-state index is -0.0783. The van der Waals surface area contributed by atoms with E-state index in [-0.39, 0.29) is 12.0 Å². The van der Waals surface area contributed by atoms with Gasteiger partial charge in [-0.05, 0) is 49.7 Å². The Morgan fingerprint density at radius 1 is 1.22 bits per heavy atom. The molecule has 1 aromatic carbocycles. The third-order valence-electron chi connectivity index (χ3n) is 5.56. The van der Waals surface area contributed by atoms with Gasteiger partial charge in [0.2, 0.25) is 0 Å². The molecular formula is C24H29N5O2S. The van der Waals surface area contributed by atoms with Crippen LogP contribution in [0.5, 0.6) is 0 Å². The predicted octanol–water partition coefficient (Wildman–Crippen LogP) is 3.84. The minimum absolute atomic E-state index is 0.0542. The fourth-order valence-electron chi connectivity index (χ4n) is 3.80. The maximum absolute atomic E-state index is 13.2. The van der Waals surface area contributed by atoms with E-state index in [4.69, 9.17) is 4.74 Å². The summed E-state index contributed by atoms with van der Waals surface area (Å²) in [5.41, 5.74) is 2.43. The molecule has 32 heavy (non-hydrogen) atoms. The van der Waals surface area contributed by atoms with E-state index in [0.717, 1.165) is 24.2 Å². The minimum Gasteiger partial charge on any atom is -0.368 e. The van der Waals surface area contributed by atoms with Gasteiger partial charge in [-0.3, -0.25) is 4.79 Å². The first kappa shape index (κ1) is 22.4. The van der Waals surface area contributed by atoms with E-state index >= 15 is 0 Å². The van der Waals surface area contributed by atoms with Crippen molar-refractivity contribution in [2.75, 3.05) is 50.6 Å². The zero-order valence-electron chi connectivity index (χ0n) is 18.8. The zero-order valence-corrected chi connectivity index (χ0v) is 19.6. The fraction of sp³-hybridized carbons (Fsp3) is 0.375. The van der Waals surface area contributed by atoms with Crippen LogP contribution < -0.4 is 9.80 Å². The number of benzene rings is 1. The molecule has 1 atom stereocenters. The van der Waals surface area contributed by atoms with Crippen molar-refractivity contribution in [1.29, 1.82) is 0 Å². The summed E-state index contributed by atoms with van der Waals surface area (Å²) in [6, 6.07) is 12.2. The third kappa shape index (κ3) is 5.15. The Morgan fingerprint density at radius 3 is 2.88 bits per heavy atom. The van der Waals surface area contributed by atoms with Crippen LogP contribution in [0.4, 0.5) is 11.5 Å². The molecule has 1 aliphatic heterocycles. The van der Waals surface area contributed by atoms with Crippen LogP contribution in [0, 0.1) is 0 Å². The van der Waals surface area contributed by atoms with E-state index < -0.39 is 0 Å². The zero-order chi connectivity index (χ0) is 22.5. The number of hydrogen-bond donors (Lipinski definition) is 0. The number of anilines is 2. The Labute approximate surface area is 193 Å². The molecule has 8 heteroatoms. The van der Waals surface area contributed by atoms with Crippen LogP contribution in [0.15, 0.2) is 54.3 Å². The number of carbonyl (C=O) groups is 1. The topological polar surface area (TPSA) is 61.8 Å². The lowest BCUT2D eigenvalue weighted by Gasteiger charge is -2.22. The van der Waals surface area contributed by atoms with Crippen LogP contribution in [-0.4, -0.2) is 61.6 Å². The van der Waals surface area contributed by atoms with Gasteiger partial charge >= 0.3 is 0 Å². The fourth-order valence-corrected chi connectivity index (χ4v) is 4.61. The molecule has 0 saturated heterocycles. The Bertz CT molecular complexity index is 1040. The molecule has 0 saturated carbocycles. The van der Waals surface area contributed by atoms with Gasteiger partial charge in [0.15, 0.2) is 0 Å². The summed E-state index contributed by atoms with van der Waals surface area (Å²) in [6.45, 7) is 2.73.